The molecule has 0 spiro atoms. The fourth-order valence-electron chi connectivity index (χ4n) is 3.43. The molecule has 2 aliphatic rings. The molecule has 1 fully saturated rings. The molecular formula is C21H19NO5. The molecule has 138 valence electrons. The molecular weight excluding hydrogens is 346 g/mol. The van der Waals surface area contributed by atoms with Crippen LogP contribution in [0.25, 0.3) is 0 Å². The van der Waals surface area contributed by atoms with Gasteiger partial charge in [0.05, 0.1) is 22.8 Å². The first kappa shape index (κ1) is 17.3. The van der Waals surface area contributed by atoms with Crippen LogP contribution in [0.4, 0.5) is 0 Å². The first-order chi connectivity index (χ1) is 13.1. The van der Waals surface area contributed by atoms with Gasteiger partial charge in [-0.05, 0) is 62.1 Å². The molecule has 0 atom stereocenters. The summed E-state index contributed by atoms with van der Waals surface area (Å²) in [5, 5.41) is 0.513. The summed E-state index contributed by atoms with van der Waals surface area (Å²) in [6.45, 7) is 0. The maximum absolute atomic E-state index is 12.3. The van der Waals surface area contributed by atoms with Crippen LogP contribution in [0, 0.1) is 0 Å². The highest BCUT2D eigenvalue weighted by Gasteiger charge is 2.38. The van der Waals surface area contributed by atoms with Gasteiger partial charge in [-0.3, -0.25) is 9.59 Å². The molecule has 1 aliphatic heterocycles. The van der Waals surface area contributed by atoms with E-state index in [1.807, 2.05) is 0 Å². The van der Waals surface area contributed by atoms with Gasteiger partial charge in [-0.25, -0.2) is 4.79 Å². The molecule has 6 heteroatoms. The van der Waals surface area contributed by atoms with Crippen molar-refractivity contribution in [2.75, 3.05) is 0 Å². The average Bonchev–Trinajstić information content (AvgIpc) is 2.94. The van der Waals surface area contributed by atoms with Crippen molar-refractivity contribution in [1.82, 2.24) is 5.06 Å². The summed E-state index contributed by atoms with van der Waals surface area (Å²) in [4.78, 5) is 41.9. The molecule has 0 radical (unpaired) electrons. The van der Waals surface area contributed by atoms with Gasteiger partial charge in [-0.2, -0.15) is 0 Å². The molecule has 4 rings (SSSR count). The van der Waals surface area contributed by atoms with Crippen LogP contribution in [0.5, 0.6) is 5.75 Å². The Morgan fingerprint density at radius 2 is 1.44 bits per heavy atom. The quantitative estimate of drug-likeness (QED) is 0.771. The molecule has 2 amide bonds. The van der Waals surface area contributed by atoms with Gasteiger partial charge < -0.3 is 9.57 Å². The predicted molar refractivity (Wildman–Crippen MR) is 96.3 cm³/mol. The number of ether oxygens (including phenoxy) is 1. The van der Waals surface area contributed by atoms with Crippen LogP contribution in [0.2, 0.25) is 0 Å². The molecule has 2 aromatic carbocycles. The summed E-state index contributed by atoms with van der Waals surface area (Å²) in [7, 11) is 0. The fraction of sp³-hybridized carbons (Fsp3) is 0.286. The molecule has 0 saturated heterocycles. The standard InChI is InChI=1S/C21H19NO5/c23-19-17-8-4-5-9-18(17)20(24)22(19)27-21(25)14-10-12-16(13-11-14)26-15-6-2-1-3-7-15/h4-5,8-13,15H,1-3,6-7H2. The van der Waals surface area contributed by atoms with Crippen LogP contribution in [0.1, 0.15) is 63.2 Å². The minimum absolute atomic E-state index is 0.217. The Labute approximate surface area is 156 Å². The lowest BCUT2D eigenvalue weighted by Crippen LogP contribution is -2.32. The van der Waals surface area contributed by atoms with E-state index >= 15 is 0 Å². The van der Waals surface area contributed by atoms with Crippen LogP contribution < -0.4 is 4.74 Å². The van der Waals surface area contributed by atoms with Crippen molar-refractivity contribution in [2.24, 2.45) is 0 Å². The summed E-state index contributed by atoms with van der Waals surface area (Å²) in [6.07, 6.45) is 5.91. The molecule has 1 heterocycles. The maximum atomic E-state index is 12.3. The van der Waals surface area contributed by atoms with E-state index < -0.39 is 17.8 Å². The number of rotatable bonds is 4. The molecule has 0 unspecified atom stereocenters. The third-order valence-electron chi connectivity index (χ3n) is 4.88. The number of hydrogen-bond acceptors (Lipinski definition) is 5. The normalized spacial score (nSPS) is 17.0. The first-order valence-corrected chi connectivity index (χ1v) is 9.10. The van der Waals surface area contributed by atoms with Crippen LogP contribution in [-0.2, 0) is 4.84 Å². The highest BCUT2D eigenvalue weighted by Crippen LogP contribution is 2.25. The molecule has 0 aromatic heterocycles. The van der Waals surface area contributed by atoms with Crippen molar-refractivity contribution in [3.63, 3.8) is 0 Å². The van der Waals surface area contributed by atoms with Gasteiger partial charge in [0.2, 0.25) is 0 Å². The summed E-state index contributed by atoms with van der Waals surface area (Å²) >= 11 is 0. The van der Waals surface area contributed by atoms with Crippen molar-refractivity contribution in [1.29, 1.82) is 0 Å². The summed E-state index contributed by atoms with van der Waals surface area (Å²) in [5.41, 5.74) is 0.695. The molecule has 0 bridgehead atoms. The van der Waals surface area contributed by atoms with E-state index in [0.29, 0.717) is 10.8 Å². The minimum Gasteiger partial charge on any atom is -0.490 e. The Morgan fingerprint density at radius 3 is 2.04 bits per heavy atom. The number of fused-ring (bicyclic) bond motifs is 1. The van der Waals surface area contributed by atoms with Gasteiger partial charge in [0.25, 0.3) is 11.8 Å². The van der Waals surface area contributed by atoms with E-state index in [2.05, 4.69) is 0 Å². The first-order valence-electron chi connectivity index (χ1n) is 9.10. The molecule has 2 aromatic rings. The van der Waals surface area contributed by atoms with Gasteiger partial charge in [-0.15, -0.1) is 0 Å². The Hall–Kier alpha value is -3.15. The topological polar surface area (TPSA) is 72.9 Å². The number of imide groups is 1. The summed E-state index contributed by atoms with van der Waals surface area (Å²) < 4.78 is 5.93. The van der Waals surface area contributed by atoms with Crippen LogP contribution in [-0.4, -0.2) is 29.0 Å². The number of benzene rings is 2. The van der Waals surface area contributed by atoms with E-state index in [9.17, 15) is 14.4 Å². The van der Waals surface area contributed by atoms with E-state index in [4.69, 9.17) is 9.57 Å². The number of hydrogen-bond donors (Lipinski definition) is 0. The number of carbonyl (C=O) groups is 3. The second-order valence-corrected chi connectivity index (χ2v) is 6.73. The van der Waals surface area contributed by atoms with Crippen molar-refractivity contribution in [2.45, 2.75) is 38.2 Å². The fourth-order valence-corrected chi connectivity index (χ4v) is 3.43. The van der Waals surface area contributed by atoms with Crippen molar-refractivity contribution < 1.29 is 24.0 Å². The van der Waals surface area contributed by atoms with Crippen LogP contribution >= 0.6 is 0 Å². The minimum atomic E-state index is -0.770. The van der Waals surface area contributed by atoms with E-state index in [1.165, 1.54) is 31.4 Å². The molecule has 6 nitrogen and oxygen atoms in total. The zero-order valence-corrected chi connectivity index (χ0v) is 14.7. The summed E-state index contributed by atoms with van der Waals surface area (Å²) in [5.74, 6) is -1.35. The van der Waals surface area contributed by atoms with Gasteiger partial charge >= 0.3 is 5.97 Å². The SMILES string of the molecule is O=C(ON1C(=O)c2ccccc2C1=O)c1ccc(OC2CCCCC2)cc1. The number of carbonyl (C=O) groups excluding carboxylic acids is 3. The van der Waals surface area contributed by atoms with E-state index in [-0.39, 0.29) is 22.8 Å². The van der Waals surface area contributed by atoms with E-state index in [1.54, 1.807) is 36.4 Å². The zero-order valence-electron chi connectivity index (χ0n) is 14.7. The van der Waals surface area contributed by atoms with E-state index in [0.717, 1.165) is 12.8 Å². The maximum Gasteiger partial charge on any atom is 0.363 e. The van der Waals surface area contributed by atoms with Crippen molar-refractivity contribution in [3.8, 4) is 5.75 Å². The lowest BCUT2D eigenvalue weighted by molar-refractivity contribution is -0.0584. The lowest BCUT2D eigenvalue weighted by atomic mass is 9.98. The molecule has 0 N–H and O–H groups in total. The Balaban J connectivity index is 1.41. The summed E-state index contributed by atoms with van der Waals surface area (Å²) in [6, 6.07) is 12.9. The Morgan fingerprint density at radius 1 is 0.852 bits per heavy atom. The average molecular weight is 365 g/mol. The smallest absolute Gasteiger partial charge is 0.363 e. The largest absolute Gasteiger partial charge is 0.490 e. The van der Waals surface area contributed by atoms with Crippen LogP contribution in [0.3, 0.4) is 0 Å². The third-order valence-corrected chi connectivity index (χ3v) is 4.88. The number of nitrogens with zero attached hydrogens (tertiary/aromatic N) is 1. The van der Waals surface area contributed by atoms with Crippen molar-refractivity contribution >= 4 is 17.8 Å². The molecule has 1 saturated carbocycles. The number of hydroxylamine groups is 2. The van der Waals surface area contributed by atoms with Gasteiger partial charge in [0.15, 0.2) is 0 Å². The Bertz CT molecular complexity index is 849. The lowest BCUT2D eigenvalue weighted by Gasteiger charge is -2.23. The zero-order chi connectivity index (χ0) is 18.8. The Kier molecular flexibility index (Phi) is 4.62. The highest BCUT2D eigenvalue weighted by atomic mass is 16.7. The molecule has 27 heavy (non-hydrogen) atoms. The predicted octanol–water partition coefficient (Wildman–Crippen LogP) is 3.77. The van der Waals surface area contributed by atoms with Crippen molar-refractivity contribution in [3.05, 3.63) is 65.2 Å². The van der Waals surface area contributed by atoms with Gasteiger partial charge in [-0.1, -0.05) is 23.6 Å². The van der Waals surface area contributed by atoms with Crippen LogP contribution in [0.15, 0.2) is 48.5 Å². The second kappa shape index (κ2) is 7.23. The third kappa shape index (κ3) is 3.43. The molecule has 1 aliphatic carbocycles. The highest BCUT2D eigenvalue weighted by molar-refractivity contribution is 6.21. The monoisotopic (exact) mass is 365 g/mol. The number of amides is 2. The second-order valence-electron chi connectivity index (χ2n) is 6.73. The van der Waals surface area contributed by atoms with Gasteiger partial charge in [0, 0.05) is 0 Å². The van der Waals surface area contributed by atoms with Gasteiger partial charge in [0.1, 0.15) is 5.75 Å².